The van der Waals surface area contributed by atoms with Gasteiger partial charge in [0, 0.05) is 51.6 Å². The Hall–Kier alpha value is -1.96. The second kappa shape index (κ2) is 7.74. The maximum Gasteiger partial charge on any atom is 0.222 e. The van der Waals surface area contributed by atoms with Crippen LogP contribution in [0, 0.1) is 5.92 Å². The maximum atomic E-state index is 12.5. The molecule has 1 aromatic rings. The molecule has 0 saturated carbocycles. The molecule has 2 fully saturated rings. The number of likely N-dealkylation sites (tertiary alicyclic amines) is 2. The number of piperidine rings is 2. The first-order chi connectivity index (χ1) is 11.7. The molecular formula is C16H26N6O2. The lowest BCUT2D eigenvalue weighted by Crippen LogP contribution is -2.57. The summed E-state index contributed by atoms with van der Waals surface area (Å²) in [4.78, 5) is 32.4. The van der Waals surface area contributed by atoms with Crippen LogP contribution in [0.4, 0.5) is 0 Å². The van der Waals surface area contributed by atoms with Gasteiger partial charge in [0.1, 0.15) is 12.7 Å². The van der Waals surface area contributed by atoms with Gasteiger partial charge in [0.25, 0.3) is 0 Å². The van der Waals surface area contributed by atoms with E-state index in [1.165, 1.54) is 6.33 Å². The van der Waals surface area contributed by atoms with Crippen molar-refractivity contribution >= 4 is 11.8 Å². The van der Waals surface area contributed by atoms with E-state index in [4.69, 9.17) is 5.73 Å². The fourth-order valence-electron chi connectivity index (χ4n) is 3.91. The van der Waals surface area contributed by atoms with Crippen molar-refractivity contribution in [1.29, 1.82) is 0 Å². The number of rotatable bonds is 6. The molecule has 1 aromatic heterocycles. The predicted octanol–water partition coefficient (Wildman–Crippen LogP) is -0.143. The Bertz CT molecular complexity index is 561. The first kappa shape index (κ1) is 16.9. The highest BCUT2D eigenvalue weighted by atomic mass is 16.2. The summed E-state index contributed by atoms with van der Waals surface area (Å²) in [6.45, 7) is 3.34. The SMILES string of the molecule is NCCN1C(=O)CCC2CN(C(=O)CCCn3cncn3)CCC21. The number of hydrogen-bond donors (Lipinski definition) is 1. The molecule has 2 amide bonds. The third-order valence-electron chi connectivity index (χ3n) is 5.11. The highest BCUT2D eigenvalue weighted by Crippen LogP contribution is 2.31. The van der Waals surface area contributed by atoms with E-state index in [0.717, 1.165) is 32.4 Å². The van der Waals surface area contributed by atoms with E-state index in [-0.39, 0.29) is 17.9 Å². The summed E-state index contributed by atoms with van der Waals surface area (Å²) in [7, 11) is 0. The number of hydrogen-bond acceptors (Lipinski definition) is 5. The van der Waals surface area contributed by atoms with Gasteiger partial charge >= 0.3 is 0 Å². The van der Waals surface area contributed by atoms with Crippen LogP contribution in [0.1, 0.15) is 32.1 Å². The summed E-state index contributed by atoms with van der Waals surface area (Å²) in [5.41, 5.74) is 5.64. The van der Waals surface area contributed by atoms with Gasteiger partial charge in [-0.25, -0.2) is 4.98 Å². The van der Waals surface area contributed by atoms with Gasteiger partial charge in [0.05, 0.1) is 0 Å². The van der Waals surface area contributed by atoms with Crippen molar-refractivity contribution in [3.05, 3.63) is 12.7 Å². The molecule has 8 nitrogen and oxygen atoms in total. The van der Waals surface area contributed by atoms with Crippen molar-refractivity contribution in [2.24, 2.45) is 11.7 Å². The lowest BCUT2D eigenvalue weighted by atomic mass is 9.83. The van der Waals surface area contributed by atoms with Gasteiger partial charge in [-0.05, 0) is 25.2 Å². The molecule has 8 heteroatoms. The number of nitrogens with zero attached hydrogens (tertiary/aromatic N) is 5. The van der Waals surface area contributed by atoms with E-state index in [9.17, 15) is 9.59 Å². The van der Waals surface area contributed by atoms with Crippen molar-refractivity contribution in [3.63, 3.8) is 0 Å². The van der Waals surface area contributed by atoms with Crippen molar-refractivity contribution in [2.45, 2.75) is 44.7 Å². The maximum absolute atomic E-state index is 12.5. The predicted molar refractivity (Wildman–Crippen MR) is 87.7 cm³/mol. The normalized spacial score (nSPS) is 24.1. The highest BCUT2D eigenvalue weighted by molar-refractivity contribution is 5.78. The number of aryl methyl sites for hydroxylation is 1. The zero-order valence-electron chi connectivity index (χ0n) is 14.0. The largest absolute Gasteiger partial charge is 0.342 e. The lowest BCUT2D eigenvalue weighted by Gasteiger charge is -2.47. The fourth-order valence-corrected chi connectivity index (χ4v) is 3.91. The van der Waals surface area contributed by atoms with Crippen LogP contribution in [0.2, 0.25) is 0 Å². The Labute approximate surface area is 142 Å². The quantitative estimate of drug-likeness (QED) is 0.781. The summed E-state index contributed by atoms with van der Waals surface area (Å²) in [5.74, 6) is 0.812. The van der Waals surface area contributed by atoms with Crippen LogP contribution in [-0.2, 0) is 16.1 Å². The lowest BCUT2D eigenvalue weighted by molar-refractivity contribution is -0.144. The highest BCUT2D eigenvalue weighted by Gasteiger charge is 2.39. The topological polar surface area (TPSA) is 97.3 Å². The molecular weight excluding hydrogens is 308 g/mol. The van der Waals surface area contributed by atoms with Gasteiger partial charge in [-0.3, -0.25) is 14.3 Å². The van der Waals surface area contributed by atoms with Gasteiger partial charge in [-0.15, -0.1) is 0 Å². The number of aromatic nitrogens is 3. The smallest absolute Gasteiger partial charge is 0.222 e. The minimum Gasteiger partial charge on any atom is -0.342 e. The zero-order valence-corrected chi connectivity index (χ0v) is 14.0. The fraction of sp³-hybridized carbons (Fsp3) is 0.750. The van der Waals surface area contributed by atoms with Crippen LogP contribution in [0.3, 0.4) is 0 Å². The van der Waals surface area contributed by atoms with Crippen molar-refractivity contribution in [2.75, 3.05) is 26.2 Å². The van der Waals surface area contributed by atoms with Crippen LogP contribution >= 0.6 is 0 Å². The third kappa shape index (κ3) is 3.75. The Balaban J connectivity index is 1.49. The van der Waals surface area contributed by atoms with Gasteiger partial charge < -0.3 is 15.5 Å². The average Bonchev–Trinajstić information content (AvgIpc) is 3.10. The molecule has 2 unspecified atom stereocenters. The molecule has 132 valence electrons. The van der Waals surface area contributed by atoms with E-state index in [1.807, 2.05) is 9.80 Å². The van der Waals surface area contributed by atoms with E-state index >= 15 is 0 Å². The molecule has 0 aliphatic carbocycles. The summed E-state index contributed by atoms with van der Waals surface area (Å²) >= 11 is 0. The number of amides is 2. The molecule has 0 bridgehead atoms. The molecule has 0 aromatic carbocycles. The summed E-state index contributed by atoms with van der Waals surface area (Å²) < 4.78 is 1.75. The van der Waals surface area contributed by atoms with Crippen LogP contribution < -0.4 is 5.73 Å². The zero-order chi connectivity index (χ0) is 16.9. The van der Waals surface area contributed by atoms with Crippen LogP contribution in [0.5, 0.6) is 0 Å². The summed E-state index contributed by atoms with van der Waals surface area (Å²) in [5, 5.41) is 4.05. The van der Waals surface area contributed by atoms with Crippen LogP contribution in [0.25, 0.3) is 0 Å². The van der Waals surface area contributed by atoms with Crippen molar-refractivity contribution < 1.29 is 9.59 Å². The molecule has 3 heterocycles. The second-order valence-electron chi connectivity index (χ2n) is 6.63. The van der Waals surface area contributed by atoms with Crippen LogP contribution in [0.15, 0.2) is 12.7 Å². The van der Waals surface area contributed by atoms with E-state index in [0.29, 0.717) is 38.4 Å². The molecule has 2 aliphatic rings. The molecule has 0 spiro atoms. The average molecular weight is 334 g/mol. The molecule has 0 radical (unpaired) electrons. The van der Waals surface area contributed by atoms with E-state index in [2.05, 4.69) is 10.1 Å². The summed E-state index contributed by atoms with van der Waals surface area (Å²) in [6, 6.07) is 0.258. The standard InChI is InChI=1S/C16H26N6O2/c17-6-9-22-14-5-8-20(10-13(14)3-4-16(22)24)15(23)2-1-7-21-12-18-11-19-21/h11-14H,1-10,17H2. The monoisotopic (exact) mass is 334 g/mol. The minimum absolute atomic E-state index is 0.204. The third-order valence-corrected chi connectivity index (χ3v) is 5.11. The first-order valence-corrected chi connectivity index (χ1v) is 8.78. The molecule has 2 atom stereocenters. The number of carbonyl (C=O) groups excluding carboxylic acids is 2. The van der Waals surface area contributed by atoms with E-state index < -0.39 is 0 Å². The van der Waals surface area contributed by atoms with E-state index in [1.54, 1.807) is 11.0 Å². The van der Waals surface area contributed by atoms with Crippen molar-refractivity contribution in [3.8, 4) is 0 Å². The molecule has 3 rings (SSSR count). The molecule has 2 N–H and O–H groups in total. The molecule has 24 heavy (non-hydrogen) atoms. The Kier molecular flexibility index (Phi) is 5.44. The molecule has 2 aliphatic heterocycles. The Morgan fingerprint density at radius 2 is 2.21 bits per heavy atom. The number of fused-ring (bicyclic) bond motifs is 1. The van der Waals surface area contributed by atoms with Crippen LogP contribution in [-0.4, -0.2) is 68.6 Å². The van der Waals surface area contributed by atoms with Gasteiger partial charge in [0.2, 0.25) is 11.8 Å². The summed E-state index contributed by atoms with van der Waals surface area (Å²) in [6.07, 6.45) is 6.80. The Morgan fingerprint density at radius 3 is 2.96 bits per heavy atom. The Morgan fingerprint density at radius 1 is 1.33 bits per heavy atom. The van der Waals surface area contributed by atoms with Gasteiger partial charge in [-0.2, -0.15) is 5.10 Å². The van der Waals surface area contributed by atoms with Crippen molar-refractivity contribution in [1.82, 2.24) is 24.6 Å². The second-order valence-corrected chi connectivity index (χ2v) is 6.63. The number of nitrogens with two attached hydrogens (primary N) is 1. The molecule has 2 saturated heterocycles. The number of carbonyl (C=O) groups is 2. The van der Waals surface area contributed by atoms with Gasteiger partial charge in [0.15, 0.2) is 0 Å². The van der Waals surface area contributed by atoms with Gasteiger partial charge in [-0.1, -0.05) is 0 Å². The first-order valence-electron chi connectivity index (χ1n) is 8.78. The minimum atomic E-state index is 0.204.